The van der Waals surface area contributed by atoms with E-state index in [4.69, 9.17) is 23.2 Å². The molecule has 5 nitrogen and oxygen atoms in total. The largest absolute Gasteiger partial charge is 0.385 e. The third-order valence-electron chi connectivity index (χ3n) is 8.38. The molecule has 2 fully saturated rings. The number of carbonyl (C=O) groups is 1. The molecule has 2 aliphatic heterocycles. The molecule has 1 amide bonds. The Hall–Kier alpha value is -2.41. The van der Waals surface area contributed by atoms with Crippen LogP contribution in [0, 0.1) is 0 Å². The second-order valence-electron chi connectivity index (χ2n) is 10.9. The van der Waals surface area contributed by atoms with E-state index in [1.165, 1.54) is 0 Å². The third kappa shape index (κ3) is 6.50. The van der Waals surface area contributed by atoms with Gasteiger partial charge in [-0.15, -0.1) is 0 Å². The Labute approximate surface area is 241 Å². The van der Waals surface area contributed by atoms with Crippen molar-refractivity contribution in [3.8, 4) is 0 Å². The summed E-state index contributed by atoms with van der Waals surface area (Å²) in [6, 6.07) is 25.4. The second kappa shape index (κ2) is 12.4. The number of amides is 1. The number of hydrogen-bond acceptors (Lipinski definition) is 4. The lowest BCUT2D eigenvalue weighted by molar-refractivity contribution is -0.0261. The zero-order chi connectivity index (χ0) is 27.3. The van der Waals surface area contributed by atoms with Crippen LogP contribution < -0.4 is 5.32 Å². The number of likely N-dealkylation sites (tertiary alicyclic amines) is 2. The number of nitrogens with zero attached hydrogens (tertiary/aromatic N) is 2. The SMILES string of the molecule is O=C(c1ccccc1)N1CCCC(NCCCN2CCC(O)(c3ccccc3)CC2)(c2ccc(Cl)c(Cl)c2)C1. The fraction of sp³-hybridized carbons (Fsp3) is 0.406. The third-order valence-corrected chi connectivity index (χ3v) is 9.12. The number of piperidine rings is 2. The van der Waals surface area contributed by atoms with E-state index in [1.54, 1.807) is 0 Å². The van der Waals surface area contributed by atoms with Gasteiger partial charge in [-0.2, -0.15) is 0 Å². The summed E-state index contributed by atoms with van der Waals surface area (Å²) >= 11 is 12.7. The molecule has 2 N–H and O–H groups in total. The summed E-state index contributed by atoms with van der Waals surface area (Å²) in [5, 5.41) is 16.1. The van der Waals surface area contributed by atoms with E-state index < -0.39 is 11.1 Å². The molecule has 1 atom stereocenters. The minimum Gasteiger partial charge on any atom is -0.385 e. The standard InChI is InChI=1S/C32H37Cl2N3O2/c33-28-14-13-27(23-29(28)34)31(15-7-20-37(24-31)30(38)25-9-3-1-4-10-25)35-18-8-19-36-21-16-32(39,17-22-36)26-11-5-2-6-12-26/h1-6,9-14,23,35,39H,7-8,15-22,24H2. The van der Waals surface area contributed by atoms with Crippen LogP contribution in [0.5, 0.6) is 0 Å². The van der Waals surface area contributed by atoms with E-state index in [9.17, 15) is 9.90 Å². The number of carbonyl (C=O) groups excluding carboxylic acids is 1. The van der Waals surface area contributed by atoms with Crippen molar-refractivity contribution >= 4 is 29.1 Å². The Morgan fingerprint density at radius 1 is 0.846 bits per heavy atom. The lowest BCUT2D eigenvalue weighted by Gasteiger charge is -2.44. The summed E-state index contributed by atoms with van der Waals surface area (Å²) in [4.78, 5) is 17.8. The molecule has 0 aliphatic carbocycles. The van der Waals surface area contributed by atoms with Crippen molar-refractivity contribution < 1.29 is 9.90 Å². The topological polar surface area (TPSA) is 55.8 Å². The Bertz CT molecular complexity index is 1250. The van der Waals surface area contributed by atoms with Crippen LogP contribution in [0.25, 0.3) is 0 Å². The van der Waals surface area contributed by atoms with Crippen molar-refractivity contribution in [2.75, 3.05) is 39.3 Å². The van der Waals surface area contributed by atoms with Gasteiger partial charge in [-0.05, 0) is 80.6 Å². The first-order chi connectivity index (χ1) is 18.9. The summed E-state index contributed by atoms with van der Waals surface area (Å²) in [7, 11) is 0. The number of nitrogens with one attached hydrogen (secondary N) is 1. The molecule has 0 radical (unpaired) electrons. The maximum Gasteiger partial charge on any atom is 0.253 e. The molecule has 7 heteroatoms. The van der Waals surface area contributed by atoms with Gasteiger partial charge in [-0.3, -0.25) is 4.79 Å². The van der Waals surface area contributed by atoms with Gasteiger partial charge in [0.05, 0.1) is 21.2 Å². The molecule has 0 aromatic heterocycles. The molecule has 0 bridgehead atoms. The van der Waals surface area contributed by atoms with Crippen LogP contribution in [0.3, 0.4) is 0 Å². The fourth-order valence-corrected chi connectivity index (χ4v) is 6.38. The fourth-order valence-electron chi connectivity index (χ4n) is 6.08. The highest BCUT2D eigenvalue weighted by Gasteiger charge is 2.39. The summed E-state index contributed by atoms with van der Waals surface area (Å²) in [5.74, 6) is 0.0563. The van der Waals surface area contributed by atoms with Crippen molar-refractivity contribution in [2.45, 2.75) is 43.2 Å². The summed E-state index contributed by atoms with van der Waals surface area (Å²) in [6.45, 7) is 4.84. The highest BCUT2D eigenvalue weighted by Crippen LogP contribution is 2.36. The summed E-state index contributed by atoms with van der Waals surface area (Å²) in [5.41, 5.74) is 1.66. The first-order valence-corrected chi connectivity index (χ1v) is 14.7. The van der Waals surface area contributed by atoms with Crippen molar-refractivity contribution in [2.24, 2.45) is 0 Å². The molecule has 5 rings (SSSR count). The van der Waals surface area contributed by atoms with Crippen molar-refractivity contribution in [3.63, 3.8) is 0 Å². The van der Waals surface area contributed by atoms with Gasteiger partial charge in [0.2, 0.25) is 0 Å². The smallest absolute Gasteiger partial charge is 0.253 e. The number of halogens is 2. The Morgan fingerprint density at radius 3 is 2.23 bits per heavy atom. The van der Waals surface area contributed by atoms with E-state index >= 15 is 0 Å². The highest BCUT2D eigenvalue weighted by molar-refractivity contribution is 6.42. The van der Waals surface area contributed by atoms with E-state index in [1.807, 2.05) is 83.8 Å². The molecule has 3 aromatic rings. The van der Waals surface area contributed by atoms with Gasteiger partial charge >= 0.3 is 0 Å². The molecular weight excluding hydrogens is 529 g/mol. The molecule has 0 saturated carbocycles. The normalized spacial score (nSPS) is 21.6. The van der Waals surface area contributed by atoms with Crippen LogP contribution in [-0.4, -0.2) is 60.1 Å². The van der Waals surface area contributed by atoms with Crippen LogP contribution in [0.1, 0.15) is 53.6 Å². The monoisotopic (exact) mass is 565 g/mol. The summed E-state index contributed by atoms with van der Waals surface area (Å²) < 4.78 is 0. The van der Waals surface area contributed by atoms with Gasteiger partial charge < -0.3 is 20.2 Å². The van der Waals surface area contributed by atoms with Crippen LogP contribution >= 0.6 is 23.2 Å². The van der Waals surface area contributed by atoms with E-state index in [2.05, 4.69) is 10.2 Å². The van der Waals surface area contributed by atoms with Crippen LogP contribution in [-0.2, 0) is 11.1 Å². The number of rotatable bonds is 8. The maximum atomic E-state index is 13.4. The average Bonchev–Trinajstić information content (AvgIpc) is 2.98. The predicted molar refractivity (Wildman–Crippen MR) is 158 cm³/mol. The van der Waals surface area contributed by atoms with Gasteiger partial charge in [0.15, 0.2) is 0 Å². The summed E-state index contributed by atoms with van der Waals surface area (Å²) in [6.07, 6.45) is 4.27. The molecule has 1 unspecified atom stereocenters. The number of aliphatic hydroxyl groups is 1. The minimum absolute atomic E-state index is 0.0563. The Kier molecular flexibility index (Phi) is 8.95. The molecule has 3 aromatic carbocycles. The van der Waals surface area contributed by atoms with Crippen LogP contribution in [0.15, 0.2) is 78.9 Å². The van der Waals surface area contributed by atoms with Gasteiger partial charge in [0.25, 0.3) is 5.91 Å². The number of benzene rings is 3. The van der Waals surface area contributed by atoms with Crippen LogP contribution in [0.2, 0.25) is 10.0 Å². The molecule has 206 valence electrons. The molecule has 39 heavy (non-hydrogen) atoms. The predicted octanol–water partition coefficient (Wildman–Crippen LogP) is 6.09. The lowest BCUT2D eigenvalue weighted by Crippen LogP contribution is -2.56. The molecule has 2 saturated heterocycles. The zero-order valence-corrected chi connectivity index (χ0v) is 23.8. The minimum atomic E-state index is -0.731. The second-order valence-corrected chi connectivity index (χ2v) is 11.7. The first kappa shape index (κ1) is 28.1. The van der Waals surface area contributed by atoms with E-state index in [0.717, 1.165) is 76.0 Å². The molecule has 2 aliphatic rings. The van der Waals surface area contributed by atoms with Crippen molar-refractivity contribution in [3.05, 3.63) is 106 Å². The van der Waals surface area contributed by atoms with Crippen molar-refractivity contribution in [1.29, 1.82) is 0 Å². The maximum absolute atomic E-state index is 13.4. The van der Waals surface area contributed by atoms with Gasteiger partial charge in [-0.25, -0.2) is 0 Å². The number of hydrogen-bond donors (Lipinski definition) is 2. The molecular formula is C32H37Cl2N3O2. The van der Waals surface area contributed by atoms with Crippen LogP contribution in [0.4, 0.5) is 0 Å². The first-order valence-electron chi connectivity index (χ1n) is 13.9. The quantitative estimate of drug-likeness (QED) is 0.324. The Balaban J connectivity index is 1.23. The average molecular weight is 567 g/mol. The van der Waals surface area contributed by atoms with Crippen molar-refractivity contribution in [1.82, 2.24) is 15.1 Å². The molecule has 2 heterocycles. The lowest BCUT2D eigenvalue weighted by atomic mass is 9.81. The Morgan fingerprint density at radius 2 is 1.54 bits per heavy atom. The zero-order valence-electron chi connectivity index (χ0n) is 22.3. The molecule has 0 spiro atoms. The van der Waals surface area contributed by atoms with Gasteiger partial charge in [0.1, 0.15) is 0 Å². The van der Waals surface area contributed by atoms with E-state index in [0.29, 0.717) is 22.2 Å². The highest BCUT2D eigenvalue weighted by atomic mass is 35.5. The van der Waals surface area contributed by atoms with E-state index in [-0.39, 0.29) is 5.91 Å². The van der Waals surface area contributed by atoms with Gasteiger partial charge in [-0.1, -0.05) is 77.8 Å². The van der Waals surface area contributed by atoms with Gasteiger partial charge in [0, 0.05) is 31.7 Å².